The molecule has 0 spiro atoms. The third-order valence-corrected chi connectivity index (χ3v) is 3.58. The minimum absolute atomic E-state index is 0.202. The molecule has 0 aromatic carbocycles. The number of aryl methyl sites for hydroxylation is 2. The maximum atomic E-state index is 5.62. The highest BCUT2D eigenvalue weighted by Gasteiger charge is 2.19. The summed E-state index contributed by atoms with van der Waals surface area (Å²) >= 11 is 0. The number of rotatable bonds is 6. The van der Waals surface area contributed by atoms with E-state index in [1.807, 2.05) is 13.0 Å². The Morgan fingerprint density at radius 2 is 2.10 bits per heavy atom. The van der Waals surface area contributed by atoms with Crippen molar-refractivity contribution in [1.82, 2.24) is 15.1 Å². The molecule has 0 amide bonds. The fourth-order valence-electron chi connectivity index (χ4n) is 2.12. The van der Waals surface area contributed by atoms with Crippen LogP contribution < -0.4 is 5.73 Å². The second kappa shape index (κ2) is 6.13. The molecule has 0 radical (unpaired) electrons. The quantitative estimate of drug-likeness (QED) is 0.876. The molecule has 0 aliphatic heterocycles. The van der Waals surface area contributed by atoms with Crippen molar-refractivity contribution in [2.24, 2.45) is 11.1 Å². The zero-order valence-electron chi connectivity index (χ0n) is 12.4. The van der Waals surface area contributed by atoms with Gasteiger partial charge in [-0.15, -0.1) is 0 Å². The van der Waals surface area contributed by atoms with Crippen molar-refractivity contribution in [3.05, 3.63) is 29.9 Å². The third kappa shape index (κ3) is 3.63. The second-order valence-electron chi connectivity index (χ2n) is 5.91. The summed E-state index contributed by atoms with van der Waals surface area (Å²) in [5.41, 5.74) is 7.84. The first-order valence-electron chi connectivity index (χ1n) is 6.95. The van der Waals surface area contributed by atoms with E-state index in [4.69, 9.17) is 10.3 Å². The molecule has 0 saturated carbocycles. The standard InChI is InChI=1S/C15H22N4O/c1-11-5-9-17-10-12(11)14-18-13(20-19-14)4-6-15(2,3)7-8-16/h5,9-10H,4,6-8,16H2,1-3H3. The largest absolute Gasteiger partial charge is 0.339 e. The number of pyridine rings is 1. The molecule has 0 atom stereocenters. The van der Waals surface area contributed by atoms with Gasteiger partial charge in [-0.25, -0.2) is 0 Å². The molecule has 0 aliphatic rings. The van der Waals surface area contributed by atoms with E-state index >= 15 is 0 Å². The zero-order valence-corrected chi connectivity index (χ0v) is 12.4. The van der Waals surface area contributed by atoms with E-state index < -0.39 is 0 Å². The Balaban J connectivity index is 2.05. The Bertz CT molecular complexity index is 563. The molecule has 0 bridgehead atoms. The van der Waals surface area contributed by atoms with Gasteiger partial charge in [0.1, 0.15) is 0 Å². The number of nitrogens with zero attached hydrogens (tertiary/aromatic N) is 3. The second-order valence-corrected chi connectivity index (χ2v) is 5.91. The lowest BCUT2D eigenvalue weighted by atomic mass is 9.84. The van der Waals surface area contributed by atoms with E-state index in [2.05, 4.69) is 29.0 Å². The monoisotopic (exact) mass is 274 g/mol. The molecule has 2 heterocycles. The van der Waals surface area contributed by atoms with Crippen LogP contribution in [-0.2, 0) is 6.42 Å². The first kappa shape index (κ1) is 14.7. The first-order valence-corrected chi connectivity index (χ1v) is 6.95. The molecular formula is C15H22N4O. The smallest absolute Gasteiger partial charge is 0.226 e. The number of hydrogen-bond acceptors (Lipinski definition) is 5. The number of hydrogen-bond donors (Lipinski definition) is 1. The molecule has 2 aromatic heterocycles. The SMILES string of the molecule is Cc1ccncc1-c1noc(CCC(C)(C)CCN)n1. The van der Waals surface area contributed by atoms with Gasteiger partial charge in [-0.1, -0.05) is 19.0 Å². The molecule has 0 fully saturated rings. The summed E-state index contributed by atoms with van der Waals surface area (Å²) in [6.45, 7) is 7.14. The highest BCUT2D eigenvalue weighted by Crippen LogP contribution is 2.26. The molecule has 5 nitrogen and oxygen atoms in total. The topological polar surface area (TPSA) is 77.8 Å². The first-order chi connectivity index (χ1) is 9.52. The van der Waals surface area contributed by atoms with Crippen LogP contribution in [0.25, 0.3) is 11.4 Å². The van der Waals surface area contributed by atoms with Crippen molar-refractivity contribution in [1.29, 1.82) is 0 Å². The normalized spacial score (nSPS) is 11.8. The predicted octanol–water partition coefficient (Wildman–Crippen LogP) is 2.75. The lowest BCUT2D eigenvalue weighted by Gasteiger charge is -2.22. The van der Waals surface area contributed by atoms with E-state index in [1.165, 1.54) is 0 Å². The van der Waals surface area contributed by atoms with Crippen LogP contribution in [0, 0.1) is 12.3 Å². The van der Waals surface area contributed by atoms with Crippen molar-refractivity contribution >= 4 is 0 Å². The predicted molar refractivity (Wildman–Crippen MR) is 78.0 cm³/mol. The van der Waals surface area contributed by atoms with Crippen LogP contribution in [0.3, 0.4) is 0 Å². The van der Waals surface area contributed by atoms with Gasteiger partial charge in [0, 0.05) is 24.4 Å². The molecule has 0 saturated heterocycles. The van der Waals surface area contributed by atoms with Gasteiger partial charge >= 0.3 is 0 Å². The molecular weight excluding hydrogens is 252 g/mol. The summed E-state index contributed by atoms with van der Waals surface area (Å²) < 4.78 is 5.33. The van der Waals surface area contributed by atoms with Crippen LogP contribution >= 0.6 is 0 Å². The third-order valence-electron chi connectivity index (χ3n) is 3.58. The van der Waals surface area contributed by atoms with Gasteiger partial charge in [0.05, 0.1) is 0 Å². The van der Waals surface area contributed by atoms with Crippen LogP contribution in [0.15, 0.2) is 23.0 Å². The maximum absolute atomic E-state index is 5.62. The summed E-state index contributed by atoms with van der Waals surface area (Å²) in [7, 11) is 0. The molecule has 5 heteroatoms. The van der Waals surface area contributed by atoms with Gasteiger partial charge in [-0.3, -0.25) is 4.98 Å². The minimum Gasteiger partial charge on any atom is -0.339 e. The Hall–Kier alpha value is -1.75. The van der Waals surface area contributed by atoms with Gasteiger partial charge in [-0.2, -0.15) is 4.98 Å². The average Bonchev–Trinajstić information content (AvgIpc) is 2.86. The Morgan fingerprint density at radius 3 is 2.80 bits per heavy atom. The average molecular weight is 274 g/mol. The molecule has 0 aliphatic carbocycles. The summed E-state index contributed by atoms with van der Waals surface area (Å²) in [6.07, 6.45) is 6.28. The van der Waals surface area contributed by atoms with E-state index in [0.29, 0.717) is 18.3 Å². The Labute approximate surface area is 119 Å². The molecule has 2 aromatic rings. The van der Waals surface area contributed by atoms with Crippen LogP contribution in [0.1, 0.15) is 38.1 Å². The molecule has 2 rings (SSSR count). The highest BCUT2D eigenvalue weighted by molar-refractivity contribution is 5.57. The van der Waals surface area contributed by atoms with Crippen molar-refractivity contribution in [3.8, 4) is 11.4 Å². The molecule has 2 N–H and O–H groups in total. The van der Waals surface area contributed by atoms with E-state index in [-0.39, 0.29) is 5.41 Å². The minimum atomic E-state index is 0.202. The van der Waals surface area contributed by atoms with Gasteiger partial charge in [0.2, 0.25) is 11.7 Å². The highest BCUT2D eigenvalue weighted by atomic mass is 16.5. The maximum Gasteiger partial charge on any atom is 0.226 e. The lowest BCUT2D eigenvalue weighted by Crippen LogP contribution is -2.17. The Kier molecular flexibility index (Phi) is 4.49. The van der Waals surface area contributed by atoms with Gasteiger partial charge in [-0.05, 0) is 43.4 Å². The summed E-state index contributed by atoms with van der Waals surface area (Å²) in [5, 5.41) is 4.04. The number of nitrogens with two attached hydrogens (primary N) is 1. The van der Waals surface area contributed by atoms with E-state index in [0.717, 1.165) is 30.4 Å². The van der Waals surface area contributed by atoms with Gasteiger partial charge < -0.3 is 10.3 Å². The van der Waals surface area contributed by atoms with Crippen LogP contribution in [0.5, 0.6) is 0 Å². The van der Waals surface area contributed by atoms with E-state index in [1.54, 1.807) is 12.4 Å². The van der Waals surface area contributed by atoms with Crippen LogP contribution in [0.2, 0.25) is 0 Å². The zero-order chi connectivity index (χ0) is 14.6. The van der Waals surface area contributed by atoms with Crippen molar-refractivity contribution in [2.45, 2.75) is 40.0 Å². The summed E-state index contributed by atoms with van der Waals surface area (Å²) in [6, 6.07) is 1.94. The summed E-state index contributed by atoms with van der Waals surface area (Å²) in [4.78, 5) is 8.56. The van der Waals surface area contributed by atoms with Gasteiger partial charge in [0.25, 0.3) is 0 Å². The fraction of sp³-hybridized carbons (Fsp3) is 0.533. The molecule has 0 unspecified atom stereocenters. The van der Waals surface area contributed by atoms with E-state index in [9.17, 15) is 0 Å². The van der Waals surface area contributed by atoms with Crippen molar-refractivity contribution in [3.63, 3.8) is 0 Å². The Morgan fingerprint density at radius 1 is 1.30 bits per heavy atom. The van der Waals surface area contributed by atoms with Crippen molar-refractivity contribution < 1.29 is 4.52 Å². The van der Waals surface area contributed by atoms with Crippen molar-refractivity contribution in [2.75, 3.05) is 6.54 Å². The molecule has 20 heavy (non-hydrogen) atoms. The van der Waals surface area contributed by atoms with Crippen LogP contribution in [0.4, 0.5) is 0 Å². The summed E-state index contributed by atoms with van der Waals surface area (Å²) in [5.74, 6) is 1.29. The fourth-order valence-corrected chi connectivity index (χ4v) is 2.12. The molecule has 108 valence electrons. The van der Waals surface area contributed by atoms with Crippen LogP contribution in [-0.4, -0.2) is 21.7 Å². The lowest BCUT2D eigenvalue weighted by molar-refractivity contribution is 0.289. The number of aromatic nitrogens is 3. The van der Waals surface area contributed by atoms with Gasteiger partial charge in [0.15, 0.2) is 0 Å².